The molecule has 0 spiro atoms. The number of alkyl carbamates (subject to hydrolysis) is 1. The number of nitrogens with zero attached hydrogens (tertiary/aromatic N) is 3. The Bertz CT molecular complexity index is 1610. The SMILES string of the molecule is COCCCn1c([C@@H]2CCCN(C(=O)C[C@@H](Cc3ccc(-c4ccccc4)cc3)NC(=O)OC(C)(C)C)C2)nc2cccc(Cl)c21. The Morgan fingerprint density at radius 2 is 1.76 bits per heavy atom. The first-order chi connectivity index (χ1) is 22.1. The average Bonchev–Trinajstić information content (AvgIpc) is 3.41. The Hall–Kier alpha value is -3.88. The molecule has 1 aliphatic heterocycles. The van der Waals surface area contributed by atoms with E-state index in [0.29, 0.717) is 31.1 Å². The fraction of sp³-hybridized carbons (Fsp3) is 0.432. The van der Waals surface area contributed by atoms with Crippen LogP contribution in [0.15, 0.2) is 72.8 Å². The number of carbonyl (C=O) groups is 2. The number of carbonyl (C=O) groups excluding carboxylic acids is 2. The largest absolute Gasteiger partial charge is 0.444 e. The van der Waals surface area contributed by atoms with Gasteiger partial charge in [-0.15, -0.1) is 0 Å². The van der Waals surface area contributed by atoms with Gasteiger partial charge in [0, 0.05) is 51.7 Å². The van der Waals surface area contributed by atoms with Gasteiger partial charge < -0.3 is 24.3 Å². The minimum absolute atomic E-state index is 0.00624. The molecular formula is C37H45ClN4O4. The summed E-state index contributed by atoms with van der Waals surface area (Å²) < 4.78 is 13.1. The van der Waals surface area contributed by atoms with Crippen molar-refractivity contribution in [1.82, 2.24) is 19.8 Å². The summed E-state index contributed by atoms with van der Waals surface area (Å²) in [7, 11) is 1.70. The zero-order chi connectivity index (χ0) is 32.7. The van der Waals surface area contributed by atoms with E-state index in [-0.39, 0.29) is 18.2 Å². The van der Waals surface area contributed by atoms with Crippen LogP contribution in [0, 0.1) is 0 Å². The van der Waals surface area contributed by atoms with Crippen LogP contribution in [-0.2, 0) is 27.2 Å². The number of imidazole rings is 1. The van der Waals surface area contributed by atoms with Gasteiger partial charge in [0.15, 0.2) is 0 Å². The van der Waals surface area contributed by atoms with Crippen LogP contribution in [0.1, 0.15) is 63.8 Å². The van der Waals surface area contributed by atoms with Crippen molar-refractivity contribution in [2.75, 3.05) is 26.8 Å². The summed E-state index contributed by atoms with van der Waals surface area (Å²) in [6.45, 7) is 8.11. The maximum atomic E-state index is 13.9. The summed E-state index contributed by atoms with van der Waals surface area (Å²) in [5, 5.41) is 3.66. The van der Waals surface area contributed by atoms with Crippen LogP contribution in [0.2, 0.25) is 5.02 Å². The molecule has 9 heteroatoms. The lowest BCUT2D eigenvalue weighted by Gasteiger charge is -2.34. The maximum absolute atomic E-state index is 13.9. The van der Waals surface area contributed by atoms with Gasteiger partial charge in [-0.3, -0.25) is 4.79 Å². The van der Waals surface area contributed by atoms with E-state index in [0.717, 1.165) is 59.4 Å². The first-order valence-corrected chi connectivity index (χ1v) is 16.5. The first kappa shape index (κ1) is 33.5. The molecule has 0 saturated carbocycles. The number of nitrogens with one attached hydrogen (secondary N) is 1. The van der Waals surface area contributed by atoms with Crippen LogP contribution in [0.4, 0.5) is 4.79 Å². The highest BCUT2D eigenvalue weighted by Gasteiger charge is 2.31. The van der Waals surface area contributed by atoms with Crippen LogP contribution in [0.25, 0.3) is 22.2 Å². The first-order valence-electron chi connectivity index (χ1n) is 16.2. The van der Waals surface area contributed by atoms with Crippen LogP contribution < -0.4 is 5.32 Å². The van der Waals surface area contributed by atoms with Gasteiger partial charge in [-0.1, -0.05) is 72.3 Å². The van der Waals surface area contributed by atoms with Crippen LogP contribution in [-0.4, -0.2) is 64.9 Å². The monoisotopic (exact) mass is 644 g/mol. The molecule has 0 aliphatic carbocycles. The smallest absolute Gasteiger partial charge is 0.407 e. The molecule has 46 heavy (non-hydrogen) atoms. The second-order valence-corrected chi connectivity index (χ2v) is 13.5. The zero-order valence-electron chi connectivity index (χ0n) is 27.3. The average molecular weight is 645 g/mol. The van der Waals surface area contributed by atoms with Gasteiger partial charge in [0.1, 0.15) is 11.4 Å². The van der Waals surface area contributed by atoms with Crippen molar-refractivity contribution >= 4 is 34.6 Å². The van der Waals surface area contributed by atoms with Crippen molar-refractivity contribution in [3.63, 3.8) is 0 Å². The molecule has 2 amide bonds. The van der Waals surface area contributed by atoms with E-state index < -0.39 is 17.7 Å². The van der Waals surface area contributed by atoms with Crippen molar-refractivity contribution < 1.29 is 19.1 Å². The summed E-state index contributed by atoms with van der Waals surface area (Å²) in [4.78, 5) is 33.7. The number of amides is 2. The number of likely N-dealkylation sites (tertiary alicyclic amines) is 1. The number of hydrogen-bond donors (Lipinski definition) is 1. The van der Waals surface area contributed by atoms with Gasteiger partial charge in [0.25, 0.3) is 0 Å². The van der Waals surface area contributed by atoms with E-state index in [1.165, 1.54) is 0 Å². The van der Waals surface area contributed by atoms with E-state index in [1.54, 1.807) is 7.11 Å². The van der Waals surface area contributed by atoms with E-state index in [1.807, 2.05) is 62.1 Å². The van der Waals surface area contributed by atoms with Crippen molar-refractivity contribution in [2.24, 2.45) is 0 Å². The Morgan fingerprint density at radius 1 is 1.02 bits per heavy atom. The van der Waals surface area contributed by atoms with Crippen LogP contribution in [0.3, 0.4) is 0 Å². The number of aryl methyl sites for hydroxylation is 1. The normalized spacial score (nSPS) is 15.9. The molecule has 1 N–H and O–H groups in total. The quantitative estimate of drug-likeness (QED) is 0.170. The Morgan fingerprint density at radius 3 is 2.48 bits per heavy atom. The number of aromatic nitrogens is 2. The molecule has 5 rings (SSSR count). The molecule has 1 saturated heterocycles. The number of piperidine rings is 1. The third-order valence-electron chi connectivity index (χ3n) is 8.30. The van der Waals surface area contributed by atoms with Crippen LogP contribution in [0.5, 0.6) is 0 Å². The second kappa shape index (κ2) is 15.1. The van der Waals surface area contributed by atoms with E-state index in [4.69, 9.17) is 26.1 Å². The number of halogens is 1. The summed E-state index contributed by atoms with van der Waals surface area (Å²) in [5.74, 6) is 1.04. The highest BCUT2D eigenvalue weighted by Crippen LogP contribution is 2.33. The Balaban J connectivity index is 1.32. The third kappa shape index (κ3) is 8.68. The molecule has 1 fully saturated rings. The maximum Gasteiger partial charge on any atom is 0.407 e. The highest BCUT2D eigenvalue weighted by atomic mass is 35.5. The molecular weight excluding hydrogens is 600 g/mol. The number of para-hydroxylation sites is 1. The van der Waals surface area contributed by atoms with Crippen molar-refractivity contribution in [2.45, 2.75) is 77.0 Å². The minimum Gasteiger partial charge on any atom is -0.444 e. The topological polar surface area (TPSA) is 85.7 Å². The van der Waals surface area contributed by atoms with E-state index in [2.05, 4.69) is 46.3 Å². The number of methoxy groups -OCH3 is 1. The van der Waals surface area contributed by atoms with Gasteiger partial charge in [0.05, 0.1) is 16.1 Å². The molecule has 2 heterocycles. The minimum atomic E-state index is -0.645. The van der Waals surface area contributed by atoms with Crippen molar-refractivity contribution in [3.8, 4) is 11.1 Å². The fourth-order valence-corrected chi connectivity index (χ4v) is 6.49. The third-order valence-corrected chi connectivity index (χ3v) is 8.61. The summed E-state index contributed by atoms with van der Waals surface area (Å²) >= 11 is 6.65. The number of rotatable bonds is 11. The van der Waals surface area contributed by atoms with Crippen LogP contribution >= 0.6 is 11.6 Å². The zero-order valence-corrected chi connectivity index (χ0v) is 28.1. The van der Waals surface area contributed by atoms with E-state index in [9.17, 15) is 9.59 Å². The van der Waals surface area contributed by atoms with Gasteiger partial charge >= 0.3 is 6.09 Å². The van der Waals surface area contributed by atoms with Crippen molar-refractivity contribution in [1.29, 1.82) is 0 Å². The van der Waals surface area contributed by atoms with Gasteiger partial charge in [-0.05, 0) is 75.3 Å². The number of fused-ring (bicyclic) bond motifs is 1. The molecule has 8 nitrogen and oxygen atoms in total. The summed E-state index contributed by atoms with van der Waals surface area (Å²) in [5.41, 5.74) is 4.44. The second-order valence-electron chi connectivity index (χ2n) is 13.1. The van der Waals surface area contributed by atoms with Gasteiger partial charge in [-0.25, -0.2) is 9.78 Å². The lowest BCUT2D eigenvalue weighted by molar-refractivity contribution is -0.132. The Labute approximate surface area is 277 Å². The predicted molar refractivity (Wildman–Crippen MR) is 183 cm³/mol. The Kier molecular flexibility index (Phi) is 11.0. The molecule has 3 aromatic carbocycles. The molecule has 1 aliphatic rings. The van der Waals surface area contributed by atoms with E-state index >= 15 is 0 Å². The lowest BCUT2D eigenvalue weighted by atomic mass is 9.95. The lowest BCUT2D eigenvalue weighted by Crippen LogP contribution is -2.46. The summed E-state index contributed by atoms with van der Waals surface area (Å²) in [6, 6.07) is 23.9. The molecule has 244 valence electrons. The number of hydrogen-bond acceptors (Lipinski definition) is 5. The molecule has 4 aromatic rings. The molecule has 1 aromatic heterocycles. The standard InChI is InChI=1S/C37H45ClN4O4/c1-37(2,3)46-36(44)39-30(23-26-16-18-28(19-17-26)27-11-6-5-7-12-27)24-33(43)41-20-9-13-29(25-41)35-40-32-15-8-14-31(38)34(32)42(35)21-10-22-45-4/h5-8,11-12,14-19,29-30H,9-10,13,20-25H2,1-4H3,(H,39,44)/t29-,30-/m1/s1. The molecule has 2 atom stereocenters. The molecule has 0 unspecified atom stereocenters. The molecule has 0 radical (unpaired) electrons. The summed E-state index contributed by atoms with van der Waals surface area (Å²) in [6.07, 6.45) is 2.79. The van der Waals surface area contributed by atoms with Gasteiger partial charge in [0.2, 0.25) is 5.91 Å². The predicted octanol–water partition coefficient (Wildman–Crippen LogP) is 7.63. The van der Waals surface area contributed by atoms with Crippen molar-refractivity contribution in [3.05, 3.63) is 89.2 Å². The molecule has 0 bridgehead atoms. The highest BCUT2D eigenvalue weighted by molar-refractivity contribution is 6.35. The van der Waals surface area contributed by atoms with Gasteiger partial charge in [-0.2, -0.15) is 0 Å². The fourth-order valence-electron chi connectivity index (χ4n) is 6.22. The number of ether oxygens (including phenoxy) is 2. The number of benzene rings is 3.